The average Bonchev–Trinajstić information content (AvgIpc) is 3.21. The van der Waals surface area contributed by atoms with Crippen molar-refractivity contribution in [2.75, 3.05) is 47.5 Å². The van der Waals surface area contributed by atoms with Crippen LogP contribution in [0.15, 0.2) is 109 Å². The van der Waals surface area contributed by atoms with Crippen molar-refractivity contribution in [2.45, 2.75) is 148 Å². The molecule has 3 atom stereocenters. The quantitative estimate of drug-likeness (QED) is 0.0155. The van der Waals surface area contributed by atoms with E-state index in [9.17, 15) is 24.2 Å². The molecule has 11 heteroatoms. The topological polar surface area (TPSA) is 129 Å². The number of phosphoric acid groups is 1. The lowest BCUT2D eigenvalue weighted by Crippen LogP contribution is -2.37. The van der Waals surface area contributed by atoms with Crippen LogP contribution in [0.4, 0.5) is 0 Å². The second-order valence-electron chi connectivity index (χ2n) is 15.9. The van der Waals surface area contributed by atoms with Crippen molar-refractivity contribution in [1.29, 1.82) is 0 Å². The molecule has 0 aromatic heterocycles. The van der Waals surface area contributed by atoms with Gasteiger partial charge in [0.25, 0.3) is 0 Å². The summed E-state index contributed by atoms with van der Waals surface area (Å²) in [6.07, 6.45) is 51.8. The Morgan fingerprint density at radius 1 is 0.607 bits per heavy atom. The Kier molecular flexibility index (Phi) is 38.4. The smallest absolute Gasteiger partial charge is 0.462 e. The van der Waals surface area contributed by atoms with Crippen LogP contribution in [0, 0.1) is 0 Å². The van der Waals surface area contributed by atoms with E-state index in [4.69, 9.17) is 18.5 Å². The molecule has 0 fully saturated rings. The van der Waals surface area contributed by atoms with Crippen molar-refractivity contribution in [1.82, 2.24) is 0 Å². The highest BCUT2D eigenvalue weighted by atomic mass is 31.2. The number of nitrogens with zero attached hydrogens (tertiary/aromatic N) is 1. The van der Waals surface area contributed by atoms with Crippen LogP contribution < -0.4 is 0 Å². The molecule has 0 bridgehead atoms. The Labute approximate surface area is 370 Å². The highest BCUT2D eigenvalue weighted by Crippen LogP contribution is 2.43. The summed E-state index contributed by atoms with van der Waals surface area (Å²) < 4.78 is 34.2. The molecule has 61 heavy (non-hydrogen) atoms. The van der Waals surface area contributed by atoms with E-state index in [-0.39, 0.29) is 26.1 Å². The normalized spacial score (nSPS) is 15.1. The first-order valence-corrected chi connectivity index (χ1v) is 24.2. The molecule has 0 aromatic carbocycles. The molecule has 0 aliphatic rings. The second kappa shape index (κ2) is 40.7. The zero-order valence-corrected chi connectivity index (χ0v) is 39.4. The molecule has 2 unspecified atom stereocenters. The maximum Gasteiger partial charge on any atom is 0.472 e. The third-order valence-electron chi connectivity index (χ3n) is 8.88. The Bertz CT molecular complexity index is 1420. The largest absolute Gasteiger partial charge is 0.472 e. The monoisotopic (exact) mass is 873 g/mol. The van der Waals surface area contributed by atoms with Crippen molar-refractivity contribution in [2.24, 2.45) is 0 Å². The van der Waals surface area contributed by atoms with Crippen molar-refractivity contribution >= 4 is 19.8 Å². The number of carbonyl (C=O) groups is 2. The molecule has 2 N–H and O–H groups in total. The predicted octanol–water partition coefficient (Wildman–Crippen LogP) is 12.1. The standard InChI is InChI=1S/C50H82NO9P/c1-6-8-10-12-14-15-16-17-18-19-20-21-22-26-29-33-37-41-49(53)57-45-48(46-59-61(55,56)58-44-43-51(3,4)5)60-50(54)42-38-34-30-27-24-23-25-28-32-36-40-47(52)39-35-31-13-11-9-7-2/h9,11,14-15,17-18,20-21,23-24,28,30-32,34-36,40,47-48,52H,6-8,10,12-13,16,19,22,25-27,29,33,37-39,41-46H2,1-5H3/p+1/b11-9-,15-14-,18-17-,21-20-,24-23-,32-28-,34-30-,35-31-,40-36+/t47?,48-/m1/s1. The van der Waals surface area contributed by atoms with Gasteiger partial charge in [0, 0.05) is 12.8 Å². The van der Waals surface area contributed by atoms with Gasteiger partial charge in [-0.05, 0) is 83.5 Å². The van der Waals surface area contributed by atoms with Gasteiger partial charge in [0.2, 0.25) is 0 Å². The van der Waals surface area contributed by atoms with Gasteiger partial charge in [0.1, 0.15) is 19.8 Å². The van der Waals surface area contributed by atoms with Crippen LogP contribution in [0.5, 0.6) is 0 Å². The number of quaternary nitrogens is 1. The summed E-state index contributed by atoms with van der Waals surface area (Å²) in [5, 5.41) is 10.0. The van der Waals surface area contributed by atoms with Crippen molar-refractivity contribution in [3.05, 3.63) is 109 Å². The summed E-state index contributed by atoms with van der Waals surface area (Å²) >= 11 is 0. The van der Waals surface area contributed by atoms with Crippen LogP contribution >= 0.6 is 7.82 Å². The molecule has 0 aromatic rings. The van der Waals surface area contributed by atoms with E-state index in [0.717, 1.165) is 57.8 Å². The second-order valence-corrected chi connectivity index (χ2v) is 17.3. The van der Waals surface area contributed by atoms with E-state index < -0.39 is 38.6 Å². The molecule has 10 nitrogen and oxygen atoms in total. The third kappa shape index (κ3) is 44.5. The Morgan fingerprint density at radius 2 is 1.16 bits per heavy atom. The first-order valence-electron chi connectivity index (χ1n) is 22.7. The molecular weight excluding hydrogens is 790 g/mol. The van der Waals surface area contributed by atoms with Gasteiger partial charge in [0.05, 0.1) is 33.9 Å². The Balaban J connectivity index is 4.60. The number of aliphatic hydroxyl groups excluding tert-OH is 1. The number of carbonyl (C=O) groups excluding carboxylic acids is 2. The number of unbranched alkanes of at least 4 members (excludes halogenated alkanes) is 7. The molecule has 0 aliphatic carbocycles. The van der Waals surface area contributed by atoms with Gasteiger partial charge in [-0.3, -0.25) is 18.6 Å². The van der Waals surface area contributed by atoms with Crippen molar-refractivity contribution in [3.63, 3.8) is 0 Å². The van der Waals surface area contributed by atoms with Crippen LogP contribution in [0.25, 0.3) is 0 Å². The highest BCUT2D eigenvalue weighted by Gasteiger charge is 2.27. The number of rotatable bonds is 39. The van der Waals surface area contributed by atoms with E-state index >= 15 is 0 Å². The van der Waals surface area contributed by atoms with Crippen LogP contribution in [-0.4, -0.2) is 86.1 Å². The molecule has 346 valence electrons. The summed E-state index contributed by atoms with van der Waals surface area (Å²) in [4.78, 5) is 35.4. The van der Waals surface area contributed by atoms with Gasteiger partial charge in [-0.1, -0.05) is 149 Å². The summed E-state index contributed by atoms with van der Waals surface area (Å²) in [5.74, 6) is -0.964. The van der Waals surface area contributed by atoms with E-state index in [1.165, 1.54) is 25.7 Å². The summed E-state index contributed by atoms with van der Waals surface area (Å²) in [6.45, 7) is 4.05. The average molecular weight is 873 g/mol. The van der Waals surface area contributed by atoms with Gasteiger partial charge in [0.15, 0.2) is 6.10 Å². The number of allylic oxidation sites excluding steroid dienone is 16. The molecule has 0 saturated heterocycles. The summed E-state index contributed by atoms with van der Waals surface area (Å²) in [5.41, 5.74) is 0. The van der Waals surface area contributed by atoms with Crippen LogP contribution in [0.3, 0.4) is 0 Å². The fourth-order valence-corrected chi connectivity index (χ4v) is 6.05. The SMILES string of the molecule is CC/C=C\C/C=C\CC(O)/C=C/C=C\C/C=C\C/C=C\CCC(=O)O[C@H](COC(=O)CCCCCC/C=C\C/C=C\C/C=C\CCCCC)COP(=O)(O)OCC[N+](C)(C)C. The van der Waals surface area contributed by atoms with Crippen LogP contribution in [-0.2, 0) is 32.7 Å². The number of esters is 2. The van der Waals surface area contributed by atoms with E-state index in [1.807, 2.05) is 69.8 Å². The van der Waals surface area contributed by atoms with Gasteiger partial charge in [-0.25, -0.2) is 4.57 Å². The minimum absolute atomic E-state index is 0.00156. The zero-order chi connectivity index (χ0) is 45.1. The molecule has 0 radical (unpaired) electrons. The lowest BCUT2D eigenvalue weighted by Gasteiger charge is -2.24. The van der Waals surface area contributed by atoms with E-state index in [2.05, 4.69) is 68.5 Å². The summed E-state index contributed by atoms with van der Waals surface area (Å²) in [6, 6.07) is 0. The number of ether oxygens (including phenoxy) is 2. The van der Waals surface area contributed by atoms with Crippen molar-refractivity contribution < 1.29 is 47.2 Å². The van der Waals surface area contributed by atoms with Crippen molar-refractivity contribution in [3.8, 4) is 0 Å². The third-order valence-corrected chi connectivity index (χ3v) is 9.87. The zero-order valence-electron chi connectivity index (χ0n) is 38.5. The first kappa shape index (κ1) is 57.6. The lowest BCUT2D eigenvalue weighted by molar-refractivity contribution is -0.870. The van der Waals surface area contributed by atoms with Gasteiger partial charge >= 0.3 is 19.8 Å². The number of likely N-dealkylation sites (N-methyl/N-ethyl adjacent to an activating group) is 1. The molecule has 0 amide bonds. The Morgan fingerprint density at radius 3 is 1.79 bits per heavy atom. The number of phosphoric ester groups is 1. The first-order chi connectivity index (χ1) is 29.4. The van der Waals surface area contributed by atoms with Gasteiger partial charge in [-0.15, -0.1) is 0 Å². The van der Waals surface area contributed by atoms with Crippen LogP contribution in [0.1, 0.15) is 136 Å². The molecule has 0 heterocycles. The van der Waals surface area contributed by atoms with Gasteiger partial charge in [-0.2, -0.15) is 0 Å². The maximum atomic E-state index is 12.7. The Hall–Kier alpha value is -3.37. The number of hydrogen-bond acceptors (Lipinski definition) is 8. The highest BCUT2D eigenvalue weighted by molar-refractivity contribution is 7.47. The predicted molar refractivity (Wildman–Crippen MR) is 253 cm³/mol. The maximum absolute atomic E-state index is 12.7. The minimum Gasteiger partial charge on any atom is -0.462 e. The van der Waals surface area contributed by atoms with E-state index in [1.54, 1.807) is 6.08 Å². The fraction of sp³-hybridized carbons (Fsp3) is 0.600. The number of aliphatic hydroxyl groups is 1. The molecule has 0 saturated carbocycles. The molecule has 0 spiro atoms. The molecule has 0 aliphatic heterocycles. The number of hydrogen-bond donors (Lipinski definition) is 2. The molecular formula is C50H83NO9P+. The summed E-state index contributed by atoms with van der Waals surface area (Å²) in [7, 11) is 1.36. The fourth-order valence-electron chi connectivity index (χ4n) is 5.30. The van der Waals surface area contributed by atoms with Gasteiger partial charge < -0.3 is 24.0 Å². The minimum atomic E-state index is -4.42. The lowest BCUT2D eigenvalue weighted by atomic mass is 10.1. The molecule has 0 rings (SSSR count). The van der Waals surface area contributed by atoms with Crippen LogP contribution in [0.2, 0.25) is 0 Å². The van der Waals surface area contributed by atoms with E-state index in [0.29, 0.717) is 36.7 Å².